The lowest BCUT2D eigenvalue weighted by atomic mass is 9.88. The van der Waals surface area contributed by atoms with E-state index in [1.165, 1.54) is 0 Å². The molecule has 1 unspecified atom stereocenters. The first-order valence-corrected chi connectivity index (χ1v) is 10.3. The van der Waals surface area contributed by atoms with Gasteiger partial charge in [-0.15, -0.1) is 0 Å². The molecule has 1 saturated heterocycles. The van der Waals surface area contributed by atoms with E-state index in [9.17, 15) is 9.59 Å². The number of piperidine rings is 1. The van der Waals surface area contributed by atoms with Gasteiger partial charge in [0.05, 0.1) is 6.54 Å². The van der Waals surface area contributed by atoms with Gasteiger partial charge in [0.1, 0.15) is 11.4 Å². The van der Waals surface area contributed by atoms with Gasteiger partial charge in [-0.25, -0.2) is 9.78 Å². The Balaban J connectivity index is 1.41. The highest BCUT2D eigenvalue weighted by Crippen LogP contribution is 2.40. The molecule has 0 radical (unpaired) electrons. The number of hydrogen-bond donors (Lipinski definition) is 1. The number of amides is 3. The third-order valence-electron chi connectivity index (χ3n) is 5.81. The first-order chi connectivity index (χ1) is 14.5. The van der Waals surface area contributed by atoms with Crippen molar-refractivity contribution < 1.29 is 14.3 Å². The van der Waals surface area contributed by atoms with Crippen molar-refractivity contribution in [1.82, 2.24) is 29.7 Å². The van der Waals surface area contributed by atoms with Crippen molar-refractivity contribution >= 4 is 11.9 Å². The van der Waals surface area contributed by atoms with E-state index in [0.29, 0.717) is 39.0 Å². The predicted molar refractivity (Wildman–Crippen MR) is 110 cm³/mol. The summed E-state index contributed by atoms with van der Waals surface area (Å²) in [4.78, 5) is 37.2. The summed E-state index contributed by atoms with van der Waals surface area (Å²) in [5.74, 6) is 0.725. The monoisotopic (exact) mass is 412 g/mol. The average Bonchev–Trinajstić information content (AvgIpc) is 3.24. The van der Waals surface area contributed by atoms with E-state index in [1.807, 2.05) is 27.8 Å². The fourth-order valence-corrected chi connectivity index (χ4v) is 4.21. The number of nitrogens with zero attached hydrogens (tertiary/aromatic N) is 5. The number of carbonyl (C=O) groups is 2. The first kappa shape index (κ1) is 20.3. The average molecular weight is 412 g/mol. The SMILES string of the molecule is CN(C)C(=O)N1CCC2(CC1)OC(C(=O)NCCc1cccnc1)Cn1ccnc12. The van der Waals surface area contributed by atoms with Gasteiger partial charge in [0.15, 0.2) is 6.10 Å². The van der Waals surface area contributed by atoms with Crippen LogP contribution in [0.1, 0.15) is 24.2 Å². The molecule has 2 aliphatic heterocycles. The normalized spacial score (nSPS) is 19.9. The lowest BCUT2D eigenvalue weighted by molar-refractivity contribution is -0.172. The van der Waals surface area contributed by atoms with Crippen molar-refractivity contribution in [3.05, 3.63) is 48.3 Å². The maximum absolute atomic E-state index is 12.9. The second kappa shape index (κ2) is 8.43. The molecule has 0 aliphatic carbocycles. The largest absolute Gasteiger partial charge is 0.353 e. The quantitative estimate of drug-likeness (QED) is 0.809. The van der Waals surface area contributed by atoms with Gasteiger partial charge in [-0.3, -0.25) is 9.78 Å². The fourth-order valence-electron chi connectivity index (χ4n) is 4.21. The third kappa shape index (κ3) is 4.02. The Morgan fingerprint density at radius 1 is 1.30 bits per heavy atom. The number of ether oxygens (including phenoxy) is 1. The maximum Gasteiger partial charge on any atom is 0.319 e. The summed E-state index contributed by atoms with van der Waals surface area (Å²) in [5, 5.41) is 2.99. The van der Waals surface area contributed by atoms with Crippen LogP contribution in [0, 0.1) is 0 Å². The summed E-state index contributed by atoms with van der Waals surface area (Å²) >= 11 is 0. The zero-order valence-corrected chi connectivity index (χ0v) is 17.5. The van der Waals surface area contributed by atoms with Crippen molar-refractivity contribution in [2.75, 3.05) is 33.7 Å². The maximum atomic E-state index is 12.9. The Morgan fingerprint density at radius 3 is 2.80 bits per heavy atom. The van der Waals surface area contributed by atoms with E-state index >= 15 is 0 Å². The number of fused-ring (bicyclic) bond motifs is 2. The molecule has 4 heterocycles. The minimum Gasteiger partial charge on any atom is -0.353 e. The number of hydrogen-bond acceptors (Lipinski definition) is 5. The van der Waals surface area contributed by atoms with Crippen molar-refractivity contribution in [1.29, 1.82) is 0 Å². The molecule has 30 heavy (non-hydrogen) atoms. The van der Waals surface area contributed by atoms with Crippen LogP contribution >= 0.6 is 0 Å². The standard InChI is InChI=1S/C21H28N6O3/c1-25(2)20(29)26-11-6-21(7-12-26)19-24-10-13-27(19)15-17(30-21)18(28)23-9-5-16-4-3-8-22-14-16/h3-4,8,10,13-14,17H,5-7,9,11-12,15H2,1-2H3,(H,23,28). The summed E-state index contributed by atoms with van der Waals surface area (Å²) in [7, 11) is 3.50. The highest BCUT2D eigenvalue weighted by Gasteiger charge is 2.47. The Kier molecular flexibility index (Phi) is 5.72. The number of nitrogens with one attached hydrogen (secondary N) is 1. The molecule has 1 atom stereocenters. The van der Waals surface area contributed by atoms with Crippen molar-refractivity contribution in [2.24, 2.45) is 0 Å². The van der Waals surface area contributed by atoms with Crippen LogP contribution in [0.15, 0.2) is 36.9 Å². The minimum absolute atomic E-state index is 0.00584. The van der Waals surface area contributed by atoms with Crippen LogP contribution in [-0.4, -0.2) is 76.1 Å². The number of carbonyl (C=O) groups excluding carboxylic acids is 2. The van der Waals surface area contributed by atoms with Crippen LogP contribution in [0.3, 0.4) is 0 Å². The number of likely N-dealkylation sites (tertiary alicyclic amines) is 1. The topological polar surface area (TPSA) is 92.6 Å². The highest BCUT2D eigenvalue weighted by molar-refractivity contribution is 5.81. The number of urea groups is 1. The van der Waals surface area contributed by atoms with Crippen LogP contribution in [0.25, 0.3) is 0 Å². The fraction of sp³-hybridized carbons (Fsp3) is 0.524. The molecule has 1 N–H and O–H groups in total. The van der Waals surface area contributed by atoms with Gasteiger partial charge in [-0.1, -0.05) is 6.07 Å². The van der Waals surface area contributed by atoms with Crippen LogP contribution in [-0.2, 0) is 28.1 Å². The Morgan fingerprint density at radius 2 is 2.10 bits per heavy atom. The number of imidazole rings is 1. The van der Waals surface area contributed by atoms with E-state index < -0.39 is 11.7 Å². The van der Waals surface area contributed by atoms with Crippen LogP contribution in [0.2, 0.25) is 0 Å². The van der Waals surface area contributed by atoms with Gasteiger partial charge in [-0.2, -0.15) is 0 Å². The van der Waals surface area contributed by atoms with Crippen molar-refractivity contribution in [2.45, 2.75) is 37.5 Å². The molecule has 160 valence electrons. The first-order valence-electron chi connectivity index (χ1n) is 10.3. The van der Waals surface area contributed by atoms with Crippen LogP contribution in [0.5, 0.6) is 0 Å². The van der Waals surface area contributed by atoms with E-state index in [0.717, 1.165) is 17.8 Å². The molecule has 1 fully saturated rings. The van der Waals surface area contributed by atoms with E-state index in [1.54, 1.807) is 37.6 Å². The van der Waals surface area contributed by atoms with Gasteiger partial charge in [0, 0.05) is 71.4 Å². The summed E-state index contributed by atoms with van der Waals surface area (Å²) < 4.78 is 8.41. The molecule has 9 nitrogen and oxygen atoms in total. The number of pyridine rings is 1. The molecule has 0 aromatic carbocycles. The third-order valence-corrected chi connectivity index (χ3v) is 5.81. The second-order valence-electron chi connectivity index (χ2n) is 8.07. The Bertz CT molecular complexity index is 889. The molecule has 0 bridgehead atoms. The summed E-state index contributed by atoms with van der Waals surface area (Å²) in [6, 6.07) is 3.87. The van der Waals surface area contributed by atoms with Gasteiger partial charge in [-0.05, 0) is 18.1 Å². The summed E-state index contributed by atoms with van der Waals surface area (Å²) in [5.41, 5.74) is 0.435. The predicted octanol–water partition coefficient (Wildman–Crippen LogP) is 1.01. The minimum atomic E-state index is -0.643. The molecule has 2 aliphatic rings. The van der Waals surface area contributed by atoms with Gasteiger partial charge in [0.25, 0.3) is 5.91 Å². The molecule has 2 aromatic rings. The number of aromatic nitrogens is 3. The summed E-state index contributed by atoms with van der Waals surface area (Å²) in [6.07, 6.45) is 8.54. The molecule has 4 rings (SSSR count). The van der Waals surface area contributed by atoms with Gasteiger partial charge in [0.2, 0.25) is 0 Å². The molecule has 9 heteroatoms. The molecule has 3 amide bonds. The Labute approximate surface area is 176 Å². The van der Waals surface area contributed by atoms with Crippen LogP contribution < -0.4 is 5.32 Å². The molecule has 0 saturated carbocycles. The van der Waals surface area contributed by atoms with E-state index in [2.05, 4.69) is 15.3 Å². The zero-order valence-electron chi connectivity index (χ0n) is 17.5. The molecule has 2 aromatic heterocycles. The summed E-state index contributed by atoms with van der Waals surface area (Å²) in [6.45, 7) is 2.11. The van der Waals surface area contributed by atoms with E-state index in [4.69, 9.17) is 4.74 Å². The Hall–Kier alpha value is -2.94. The lowest BCUT2D eigenvalue weighted by Crippen LogP contribution is -2.55. The number of rotatable bonds is 4. The highest BCUT2D eigenvalue weighted by atomic mass is 16.5. The molecule has 1 spiro atoms. The lowest BCUT2D eigenvalue weighted by Gasteiger charge is -2.45. The van der Waals surface area contributed by atoms with Gasteiger partial charge < -0.3 is 24.4 Å². The van der Waals surface area contributed by atoms with Crippen LogP contribution in [0.4, 0.5) is 4.79 Å². The molecular weight excluding hydrogens is 384 g/mol. The van der Waals surface area contributed by atoms with Gasteiger partial charge >= 0.3 is 6.03 Å². The van der Waals surface area contributed by atoms with E-state index in [-0.39, 0.29) is 11.9 Å². The smallest absolute Gasteiger partial charge is 0.319 e. The van der Waals surface area contributed by atoms with Crippen molar-refractivity contribution in [3.8, 4) is 0 Å². The van der Waals surface area contributed by atoms with Crippen molar-refractivity contribution in [3.63, 3.8) is 0 Å². The molecular formula is C21H28N6O3. The second-order valence-corrected chi connectivity index (χ2v) is 8.07. The zero-order chi connectivity index (χ0) is 21.1.